The van der Waals surface area contributed by atoms with E-state index < -0.39 is 0 Å². The van der Waals surface area contributed by atoms with Crippen molar-refractivity contribution < 1.29 is 14.3 Å². The number of anilines is 1. The van der Waals surface area contributed by atoms with Gasteiger partial charge in [0.1, 0.15) is 5.75 Å². The second-order valence-corrected chi connectivity index (χ2v) is 7.26. The first-order valence-corrected chi connectivity index (χ1v) is 9.78. The summed E-state index contributed by atoms with van der Waals surface area (Å²) < 4.78 is 6.90. The number of rotatable bonds is 8. The number of benzene rings is 2. The maximum atomic E-state index is 12.4. The zero-order valence-corrected chi connectivity index (χ0v) is 17.4. The molecule has 0 unspecified atom stereocenters. The minimum absolute atomic E-state index is 0.0656. The molecular formula is C23H26N4O3. The monoisotopic (exact) mass is 406 g/mol. The highest BCUT2D eigenvalue weighted by Crippen LogP contribution is 2.13. The van der Waals surface area contributed by atoms with Crippen molar-refractivity contribution in [1.82, 2.24) is 15.1 Å². The number of aromatic nitrogens is 2. The van der Waals surface area contributed by atoms with Gasteiger partial charge in [-0.05, 0) is 49.2 Å². The van der Waals surface area contributed by atoms with Gasteiger partial charge in [-0.1, -0.05) is 24.3 Å². The third-order valence-electron chi connectivity index (χ3n) is 4.62. The molecule has 0 saturated carbocycles. The highest BCUT2D eigenvalue weighted by molar-refractivity contribution is 6.04. The van der Waals surface area contributed by atoms with Crippen molar-refractivity contribution in [1.29, 1.82) is 0 Å². The van der Waals surface area contributed by atoms with Crippen molar-refractivity contribution in [3.8, 4) is 5.75 Å². The standard InChI is InChI=1S/C23H26N4O3/c1-16(2)27-15-20(14-25-27)26-23(29)19-8-4-18(5-9-19)13-24-22(28)12-17-6-10-21(30-3)11-7-17/h4-11,14-16H,12-13H2,1-3H3,(H,24,28)(H,26,29). The molecule has 1 heterocycles. The van der Waals surface area contributed by atoms with E-state index in [2.05, 4.69) is 15.7 Å². The zero-order valence-electron chi connectivity index (χ0n) is 17.4. The van der Waals surface area contributed by atoms with E-state index in [0.717, 1.165) is 16.9 Å². The van der Waals surface area contributed by atoms with Crippen LogP contribution in [0, 0.1) is 0 Å². The molecule has 156 valence electrons. The van der Waals surface area contributed by atoms with E-state index in [1.54, 1.807) is 36.3 Å². The van der Waals surface area contributed by atoms with Gasteiger partial charge in [0.05, 0.1) is 25.4 Å². The normalized spacial score (nSPS) is 10.7. The van der Waals surface area contributed by atoms with Crippen LogP contribution in [0.5, 0.6) is 5.75 Å². The number of amides is 2. The fraction of sp³-hybridized carbons (Fsp3) is 0.261. The van der Waals surface area contributed by atoms with Gasteiger partial charge in [0, 0.05) is 24.3 Å². The summed E-state index contributed by atoms with van der Waals surface area (Å²) in [7, 11) is 1.61. The minimum atomic E-state index is -0.201. The van der Waals surface area contributed by atoms with E-state index in [0.29, 0.717) is 24.2 Å². The van der Waals surface area contributed by atoms with Crippen molar-refractivity contribution in [2.24, 2.45) is 0 Å². The number of nitrogens with one attached hydrogen (secondary N) is 2. The molecule has 1 aromatic heterocycles. The molecule has 7 nitrogen and oxygen atoms in total. The molecule has 0 aliphatic heterocycles. The van der Waals surface area contributed by atoms with E-state index in [4.69, 9.17) is 4.74 Å². The van der Waals surface area contributed by atoms with Crippen LogP contribution in [0.25, 0.3) is 0 Å². The van der Waals surface area contributed by atoms with E-state index in [9.17, 15) is 9.59 Å². The Morgan fingerprint density at radius 3 is 2.30 bits per heavy atom. The predicted molar refractivity (Wildman–Crippen MR) is 116 cm³/mol. The first-order valence-electron chi connectivity index (χ1n) is 9.78. The Kier molecular flexibility index (Phi) is 6.85. The van der Waals surface area contributed by atoms with Crippen LogP contribution < -0.4 is 15.4 Å². The summed E-state index contributed by atoms with van der Waals surface area (Å²) in [6, 6.07) is 14.8. The quantitative estimate of drug-likeness (QED) is 0.599. The lowest BCUT2D eigenvalue weighted by Crippen LogP contribution is -2.24. The lowest BCUT2D eigenvalue weighted by molar-refractivity contribution is -0.120. The first kappa shape index (κ1) is 21.1. The molecule has 0 spiro atoms. The minimum Gasteiger partial charge on any atom is -0.497 e. The van der Waals surface area contributed by atoms with Crippen LogP contribution in [0.4, 0.5) is 5.69 Å². The number of carbonyl (C=O) groups is 2. The van der Waals surface area contributed by atoms with Crippen molar-refractivity contribution >= 4 is 17.5 Å². The highest BCUT2D eigenvalue weighted by Gasteiger charge is 2.09. The number of hydrogen-bond acceptors (Lipinski definition) is 4. The number of methoxy groups -OCH3 is 1. The van der Waals surface area contributed by atoms with Crippen LogP contribution in [-0.2, 0) is 17.8 Å². The van der Waals surface area contributed by atoms with E-state index >= 15 is 0 Å². The largest absolute Gasteiger partial charge is 0.497 e. The molecule has 7 heteroatoms. The maximum Gasteiger partial charge on any atom is 0.255 e. The molecule has 0 saturated heterocycles. The molecule has 0 radical (unpaired) electrons. The van der Waals surface area contributed by atoms with Crippen LogP contribution in [0.15, 0.2) is 60.9 Å². The highest BCUT2D eigenvalue weighted by atomic mass is 16.5. The van der Waals surface area contributed by atoms with Gasteiger partial charge in [0.2, 0.25) is 5.91 Å². The maximum absolute atomic E-state index is 12.4. The fourth-order valence-electron chi connectivity index (χ4n) is 2.85. The number of ether oxygens (including phenoxy) is 1. The summed E-state index contributed by atoms with van der Waals surface area (Å²) in [5.74, 6) is 0.495. The van der Waals surface area contributed by atoms with Gasteiger partial charge in [0.25, 0.3) is 5.91 Å². The fourth-order valence-corrected chi connectivity index (χ4v) is 2.85. The lowest BCUT2D eigenvalue weighted by atomic mass is 10.1. The SMILES string of the molecule is COc1ccc(CC(=O)NCc2ccc(C(=O)Nc3cnn(C(C)C)c3)cc2)cc1. The molecule has 0 bridgehead atoms. The first-order chi connectivity index (χ1) is 14.4. The van der Waals surface area contributed by atoms with Crippen molar-refractivity contribution in [2.75, 3.05) is 12.4 Å². The molecule has 0 aliphatic rings. The second kappa shape index (κ2) is 9.73. The Bertz CT molecular complexity index is 992. The van der Waals surface area contributed by atoms with Gasteiger partial charge in [-0.2, -0.15) is 5.10 Å². The van der Waals surface area contributed by atoms with Gasteiger partial charge in [0.15, 0.2) is 0 Å². The molecule has 3 rings (SSSR count). The summed E-state index contributed by atoms with van der Waals surface area (Å²) in [5, 5.41) is 9.95. The van der Waals surface area contributed by atoms with E-state index in [1.807, 2.05) is 50.2 Å². The smallest absolute Gasteiger partial charge is 0.255 e. The van der Waals surface area contributed by atoms with Gasteiger partial charge in [-0.3, -0.25) is 14.3 Å². The Labute approximate surface area is 176 Å². The van der Waals surface area contributed by atoms with Gasteiger partial charge >= 0.3 is 0 Å². The summed E-state index contributed by atoms with van der Waals surface area (Å²) in [5.41, 5.74) is 3.03. The van der Waals surface area contributed by atoms with Crippen LogP contribution in [-0.4, -0.2) is 28.7 Å². The zero-order chi connectivity index (χ0) is 21.5. The van der Waals surface area contributed by atoms with Crippen molar-refractivity contribution in [3.05, 3.63) is 77.6 Å². The topological polar surface area (TPSA) is 85.2 Å². The number of nitrogens with zero attached hydrogens (tertiary/aromatic N) is 2. The average Bonchev–Trinajstić information content (AvgIpc) is 3.22. The Morgan fingerprint density at radius 1 is 1.03 bits per heavy atom. The van der Waals surface area contributed by atoms with Crippen molar-refractivity contribution in [2.45, 2.75) is 32.9 Å². The Hall–Kier alpha value is -3.61. The summed E-state index contributed by atoms with van der Waals surface area (Å²) >= 11 is 0. The number of carbonyl (C=O) groups excluding carboxylic acids is 2. The van der Waals surface area contributed by atoms with Crippen LogP contribution in [0.1, 0.15) is 41.4 Å². The van der Waals surface area contributed by atoms with Gasteiger partial charge < -0.3 is 15.4 Å². The van der Waals surface area contributed by atoms with Gasteiger partial charge in [-0.25, -0.2) is 0 Å². The Morgan fingerprint density at radius 2 is 1.70 bits per heavy atom. The van der Waals surface area contributed by atoms with E-state index in [-0.39, 0.29) is 17.9 Å². The molecule has 2 aromatic carbocycles. The average molecular weight is 406 g/mol. The van der Waals surface area contributed by atoms with Gasteiger partial charge in [-0.15, -0.1) is 0 Å². The third kappa shape index (κ3) is 5.70. The lowest BCUT2D eigenvalue weighted by Gasteiger charge is -2.08. The van der Waals surface area contributed by atoms with E-state index in [1.165, 1.54) is 0 Å². The third-order valence-corrected chi connectivity index (χ3v) is 4.62. The molecule has 0 atom stereocenters. The summed E-state index contributed by atoms with van der Waals surface area (Å²) in [6.45, 7) is 4.44. The molecule has 0 fully saturated rings. The van der Waals surface area contributed by atoms with Crippen molar-refractivity contribution in [3.63, 3.8) is 0 Å². The van der Waals surface area contributed by atoms with Crippen LogP contribution >= 0.6 is 0 Å². The second-order valence-electron chi connectivity index (χ2n) is 7.26. The molecular weight excluding hydrogens is 380 g/mol. The molecule has 2 amide bonds. The molecule has 30 heavy (non-hydrogen) atoms. The molecule has 2 N–H and O–H groups in total. The summed E-state index contributed by atoms with van der Waals surface area (Å²) in [4.78, 5) is 24.5. The predicted octanol–water partition coefficient (Wildman–Crippen LogP) is 3.58. The molecule has 3 aromatic rings. The van der Waals surface area contributed by atoms with Crippen LogP contribution in [0.2, 0.25) is 0 Å². The number of hydrogen-bond donors (Lipinski definition) is 2. The summed E-state index contributed by atoms with van der Waals surface area (Å²) in [6.07, 6.45) is 3.73. The molecule has 0 aliphatic carbocycles. The van der Waals surface area contributed by atoms with Crippen LogP contribution in [0.3, 0.4) is 0 Å². The Balaban J connectivity index is 1.49.